The Morgan fingerprint density at radius 1 is 1.12 bits per heavy atom. The first-order chi connectivity index (χ1) is 15.4. The molecule has 1 N–H and O–H groups in total. The molecule has 1 aromatic heterocycles. The molecular formula is C23H16BrN3O4S. The molecule has 0 saturated heterocycles. The number of allylic oxidation sites excluding steroid dienone is 1. The summed E-state index contributed by atoms with van der Waals surface area (Å²) >= 11 is 3.36. The summed E-state index contributed by atoms with van der Waals surface area (Å²) in [5, 5.41) is 9.67. The molecule has 0 fully saturated rings. The molecule has 4 aromatic rings. The molecule has 32 heavy (non-hydrogen) atoms. The zero-order chi connectivity index (χ0) is 22.7. The van der Waals surface area contributed by atoms with Gasteiger partial charge in [-0.15, -0.1) is 0 Å². The van der Waals surface area contributed by atoms with Gasteiger partial charge in [-0.05, 0) is 64.0 Å². The molecule has 160 valence electrons. The lowest BCUT2D eigenvalue weighted by atomic mass is 10.1. The summed E-state index contributed by atoms with van der Waals surface area (Å²) in [5.74, 6) is 0.624. The zero-order valence-corrected chi connectivity index (χ0v) is 19.1. The van der Waals surface area contributed by atoms with Gasteiger partial charge in [0.1, 0.15) is 16.8 Å². The highest BCUT2D eigenvalue weighted by Gasteiger charge is 2.22. The summed E-state index contributed by atoms with van der Waals surface area (Å²) in [6.07, 6.45) is 1.63. The number of ether oxygens (including phenoxy) is 1. The third-order valence-corrected chi connectivity index (χ3v) is 6.38. The number of fused-ring (bicyclic) bond motifs is 1. The van der Waals surface area contributed by atoms with Gasteiger partial charge in [-0.3, -0.25) is 0 Å². The van der Waals surface area contributed by atoms with Crippen LogP contribution in [0, 0.1) is 11.3 Å². The van der Waals surface area contributed by atoms with Crippen LogP contribution in [0.2, 0.25) is 0 Å². The van der Waals surface area contributed by atoms with Crippen LogP contribution in [-0.2, 0) is 10.1 Å². The number of rotatable bonds is 6. The fourth-order valence-electron chi connectivity index (χ4n) is 3.05. The molecule has 0 spiro atoms. The lowest BCUT2D eigenvalue weighted by Crippen LogP contribution is -2.10. The highest BCUT2D eigenvalue weighted by Crippen LogP contribution is 2.39. The highest BCUT2D eigenvalue weighted by molar-refractivity contribution is 9.10. The van der Waals surface area contributed by atoms with Gasteiger partial charge in [0.25, 0.3) is 0 Å². The number of hydrogen-bond acceptors (Lipinski definition) is 6. The number of para-hydroxylation sites is 2. The molecule has 1 heterocycles. The monoisotopic (exact) mass is 509 g/mol. The van der Waals surface area contributed by atoms with Crippen LogP contribution in [0.4, 0.5) is 0 Å². The zero-order valence-electron chi connectivity index (χ0n) is 16.7. The van der Waals surface area contributed by atoms with Crippen LogP contribution in [0.25, 0.3) is 22.7 Å². The predicted octanol–water partition coefficient (Wildman–Crippen LogP) is 5.17. The van der Waals surface area contributed by atoms with Gasteiger partial charge in [0, 0.05) is 0 Å². The minimum atomic E-state index is -4.06. The second kappa shape index (κ2) is 8.86. The number of aromatic amines is 1. The molecule has 0 atom stereocenters. The minimum absolute atomic E-state index is 0.00995. The summed E-state index contributed by atoms with van der Waals surface area (Å²) in [7, 11) is -2.66. The van der Waals surface area contributed by atoms with Gasteiger partial charge in [-0.2, -0.15) is 13.7 Å². The second-order valence-electron chi connectivity index (χ2n) is 6.66. The summed E-state index contributed by atoms with van der Waals surface area (Å²) in [5.41, 5.74) is 2.46. The van der Waals surface area contributed by atoms with E-state index in [2.05, 4.69) is 32.0 Å². The predicted molar refractivity (Wildman–Crippen MR) is 125 cm³/mol. The van der Waals surface area contributed by atoms with Gasteiger partial charge in [0.2, 0.25) is 0 Å². The van der Waals surface area contributed by atoms with Crippen molar-refractivity contribution in [3.63, 3.8) is 0 Å². The fourth-order valence-corrected chi connectivity index (χ4v) is 4.68. The smallest absolute Gasteiger partial charge is 0.339 e. The molecule has 0 aliphatic heterocycles. The van der Waals surface area contributed by atoms with Crippen LogP contribution in [0.15, 0.2) is 76.1 Å². The van der Waals surface area contributed by atoms with E-state index in [1.807, 2.05) is 24.3 Å². The standard InChI is InChI=1S/C23H16BrN3O4S/c1-30-21-13-15(11-16(14-25)23-26-19-9-5-6-10-20(19)27-23)12-18(24)22(21)31-32(28,29)17-7-3-2-4-8-17/h2-13H,1H3,(H,26,27)/b16-11+. The third-order valence-electron chi connectivity index (χ3n) is 4.55. The van der Waals surface area contributed by atoms with Gasteiger partial charge in [-0.1, -0.05) is 30.3 Å². The third kappa shape index (κ3) is 4.37. The van der Waals surface area contributed by atoms with Crippen molar-refractivity contribution in [1.82, 2.24) is 9.97 Å². The Labute approximate surface area is 193 Å². The number of imidazole rings is 1. The average Bonchev–Trinajstić information content (AvgIpc) is 3.23. The second-order valence-corrected chi connectivity index (χ2v) is 9.06. The van der Waals surface area contributed by atoms with Crippen molar-refractivity contribution in [1.29, 1.82) is 5.26 Å². The number of H-pyrrole nitrogens is 1. The van der Waals surface area contributed by atoms with E-state index in [1.54, 1.807) is 36.4 Å². The van der Waals surface area contributed by atoms with Crippen molar-refractivity contribution >= 4 is 48.7 Å². The molecule has 0 bridgehead atoms. The Morgan fingerprint density at radius 3 is 2.53 bits per heavy atom. The SMILES string of the molecule is COc1cc(/C=C(\C#N)c2nc3ccccc3[nH]2)cc(Br)c1OS(=O)(=O)c1ccccc1. The molecule has 0 aliphatic rings. The fraction of sp³-hybridized carbons (Fsp3) is 0.0435. The quantitative estimate of drug-likeness (QED) is 0.284. The van der Waals surface area contributed by atoms with E-state index < -0.39 is 10.1 Å². The number of benzene rings is 3. The Hall–Kier alpha value is -3.61. The summed E-state index contributed by atoms with van der Waals surface area (Å²) in [4.78, 5) is 7.60. The van der Waals surface area contributed by atoms with E-state index in [1.165, 1.54) is 19.2 Å². The van der Waals surface area contributed by atoms with E-state index >= 15 is 0 Å². The van der Waals surface area contributed by atoms with Crippen molar-refractivity contribution in [2.75, 3.05) is 7.11 Å². The number of nitrogens with zero attached hydrogens (tertiary/aromatic N) is 2. The van der Waals surface area contributed by atoms with Gasteiger partial charge >= 0.3 is 10.1 Å². The largest absolute Gasteiger partial charge is 0.493 e. The van der Waals surface area contributed by atoms with E-state index in [0.717, 1.165) is 11.0 Å². The maximum atomic E-state index is 12.6. The van der Waals surface area contributed by atoms with E-state index in [9.17, 15) is 13.7 Å². The summed E-state index contributed by atoms with van der Waals surface area (Å²) < 4.78 is 36.3. The first-order valence-electron chi connectivity index (χ1n) is 9.35. The Bertz CT molecular complexity index is 1440. The van der Waals surface area contributed by atoms with E-state index in [-0.39, 0.29) is 16.4 Å². The highest BCUT2D eigenvalue weighted by atomic mass is 79.9. The van der Waals surface area contributed by atoms with Gasteiger partial charge in [0.05, 0.1) is 28.2 Å². The van der Waals surface area contributed by atoms with Crippen LogP contribution in [-0.4, -0.2) is 25.5 Å². The van der Waals surface area contributed by atoms with E-state index in [4.69, 9.17) is 8.92 Å². The van der Waals surface area contributed by atoms with Crippen molar-refractivity contribution in [2.45, 2.75) is 4.90 Å². The minimum Gasteiger partial charge on any atom is -0.493 e. The molecule has 4 rings (SSSR count). The lowest BCUT2D eigenvalue weighted by molar-refractivity contribution is 0.389. The number of hydrogen-bond donors (Lipinski definition) is 1. The lowest BCUT2D eigenvalue weighted by Gasteiger charge is -2.13. The van der Waals surface area contributed by atoms with E-state index in [0.29, 0.717) is 21.4 Å². The van der Waals surface area contributed by atoms with Crippen LogP contribution >= 0.6 is 15.9 Å². The number of nitrogens with one attached hydrogen (secondary N) is 1. The number of nitriles is 1. The van der Waals surface area contributed by atoms with Crippen LogP contribution in [0.5, 0.6) is 11.5 Å². The molecule has 0 radical (unpaired) electrons. The topological polar surface area (TPSA) is 105 Å². The molecule has 0 unspecified atom stereocenters. The first-order valence-corrected chi connectivity index (χ1v) is 11.6. The molecule has 9 heteroatoms. The Morgan fingerprint density at radius 2 is 1.84 bits per heavy atom. The first kappa shape index (κ1) is 21.6. The number of aromatic nitrogens is 2. The molecule has 3 aromatic carbocycles. The molecule has 0 aliphatic carbocycles. The Balaban J connectivity index is 1.72. The maximum Gasteiger partial charge on any atom is 0.339 e. The Kier molecular flexibility index (Phi) is 5.99. The van der Waals surface area contributed by atoms with Crippen LogP contribution in [0.1, 0.15) is 11.4 Å². The van der Waals surface area contributed by atoms with Crippen LogP contribution < -0.4 is 8.92 Å². The number of halogens is 1. The summed E-state index contributed by atoms with van der Waals surface area (Å²) in [6, 6.07) is 20.7. The van der Waals surface area contributed by atoms with Crippen molar-refractivity contribution in [3.8, 4) is 17.6 Å². The van der Waals surface area contributed by atoms with Crippen molar-refractivity contribution < 1.29 is 17.3 Å². The maximum absolute atomic E-state index is 12.6. The van der Waals surface area contributed by atoms with Gasteiger partial charge in [0.15, 0.2) is 11.5 Å². The molecule has 0 amide bonds. The van der Waals surface area contributed by atoms with Crippen molar-refractivity contribution in [3.05, 3.63) is 82.6 Å². The van der Waals surface area contributed by atoms with Crippen molar-refractivity contribution in [2.24, 2.45) is 0 Å². The molecule has 0 saturated carbocycles. The van der Waals surface area contributed by atoms with Crippen LogP contribution in [0.3, 0.4) is 0 Å². The normalized spacial score (nSPS) is 11.8. The summed E-state index contributed by atoms with van der Waals surface area (Å²) in [6.45, 7) is 0. The average molecular weight is 510 g/mol. The molecule has 7 nitrogen and oxygen atoms in total. The van der Waals surface area contributed by atoms with Gasteiger partial charge < -0.3 is 13.9 Å². The number of methoxy groups -OCH3 is 1. The molecular weight excluding hydrogens is 494 g/mol. The van der Waals surface area contributed by atoms with Gasteiger partial charge in [-0.25, -0.2) is 4.98 Å².